The molecule has 2 aliphatic rings. The second kappa shape index (κ2) is 5.79. The zero-order valence-electron chi connectivity index (χ0n) is 12.0. The summed E-state index contributed by atoms with van der Waals surface area (Å²) in [6, 6.07) is 3.88. The zero-order valence-corrected chi connectivity index (χ0v) is 12.8. The van der Waals surface area contributed by atoms with E-state index in [-0.39, 0.29) is 5.91 Å². The fourth-order valence-electron chi connectivity index (χ4n) is 3.57. The number of amides is 1. The number of aromatic nitrogens is 2. The van der Waals surface area contributed by atoms with Crippen LogP contribution in [0.1, 0.15) is 25.7 Å². The number of thioether (sulfide) groups is 1. The maximum absolute atomic E-state index is 12.0. The number of fused-ring (bicyclic) bond motifs is 2. The molecule has 7 heteroatoms. The molecular formula is C15H17N3O3S. The Morgan fingerprint density at radius 2 is 2.32 bits per heavy atom. The summed E-state index contributed by atoms with van der Waals surface area (Å²) in [5.41, 5.74) is 0. The van der Waals surface area contributed by atoms with Crippen molar-refractivity contribution in [3.05, 3.63) is 18.4 Å². The van der Waals surface area contributed by atoms with Gasteiger partial charge in [0.05, 0.1) is 12.0 Å². The van der Waals surface area contributed by atoms with Crippen molar-refractivity contribution >= 4 is 17.7 Å². The maximum Gasteiger partial charge on any atom is 0.284 e. The summed E-state index contributed by atoms with van der Waals surface area (Å²) in [6.45, 7) is 0. The van der Waals surface area contributed by atoms with Crippen LogP contribution < -0.4 is 5.32 Å². The summed E-state index contributed by atoms with van der Waals surface area (Å²) in [6.07, 6.45) is 6.58. The highest BCUT2D eigenvalue weighted by Crippen LogP contribution is 2.44. The molecule has 4 rings (SSSR count). The van der Waals surface area contributed by atoms with Crippen LogP contribution >= 0.6 is 11.8 Å². The molecule has 1 amide bonds. The number of nitrogens with one attached hydrogen (secondary N) is 1. The molecule has 0 saturated heterocycles. The molecule has 2 bridgehead atoms. The van der Waals surface area contributed by atoms with E-state index in [4.69, 9.17) is 8.83 Å². The van der Waals surface area contributed by atoms with Crippen molar-refractivity contribution in [2.75, 3.05) is 5.75 Å². The predicted molar refractivity (Wildman–Crippen MR) is 80.1 cm³/mol. The van der Waals surface area contributed by atoms with E-state index >= 15 is 0 Å². The van der Waals surface area contributed by atoms with E-state index in [1.54, 1.807) is 18.4 Å². The highest BCUT2D eigenvalue weighted by molar-refractivity contribution is 7.99. The topological polar surface area (TPSA) is 81.2 Å². The van der Waals surface area contributed by atoms with Crippen molar-refractivity contribution in [1.29, 1.82) is 0 Å². The summed E-state index contributed by atoms with van der Waals surface area (Å²) >= 11 is 1.26. The number of rotatable bonds is 5. The van der Waals surface area contributed by atoms with E-state index in [1.165, 1.54) is 31.0 Å². The van der Waals surface area contributed by atoms with Crippen LogP contribution in [0, 0.1) is 11.8 Å². The van der Waals surface area contributed by atoms with Crippen molar-refractivity contribution in [2.45, 2.75) is 36.9 Å². The molecule has 2 aliphatic carbocycles. The molecule has 2 fully saturated rings. The molecule has 0 radical (unpaired) electrons. The van der Waals surface area contributed by atoms with E-state index in [0.717, 1.165) is 12.3 Å². The normalized spacial score (nSPS) is 26.5. The fraction of sp³-hybridized carbons (Fsp3) is 0.533. The van der Waals surface area contributed by atoms with Crippen LogP contribution in [0.2, 0.25) is 0 Å². The molecule has 6 nitrogen and oxygen atoms in total. The SMILES string of the molecule is O=C(CSc1nnc(-c2ccco2)o1)NC1CC2CCC1C2. The fourth-order valence-corrected chi connectivity index (χ4v) is 4.14. The van der Waals surface area contributed by atoms with E-state index < -0.39 is 0 Å². The third kappa shape index (κ3) is 2.77. The van der Waals surface area contributed by atoms with Crippen molar-refractivity contribution in [1.82, 2.24) is 15.5 Å². The Hall–Kier alpha value is -1.76. The summed E-state index contributed by atoms with van der Waals surface area (Å²) in [7, 11) is 0. The Balaban J connectivity index is 1.28. The summed E-state index contributed by atoms with van der Waals surface area (Å²) < 4.78 is 10.7. The van der Waals surface area contributed by atoms with Gasteiger partial charge in [-0.15, -0.1) is 10.2 Å². The standard InChI is InChI=1S/C15H17N3O3S/c19-13(16-11-7-9-3-4-10(11)6-9)8-22-15-18-17-14(21-15)12-2-1-5-20-12/h1-2,5,9-11H,3-4,6-8H2,(H,16,19). The molecular weight excluding hydrogens is 302 g/mol. The van der Waals surface area contributed by atoms with Crippen molar-refractivity contribution < 1.29 is 13.6 Å². The minimum atomic E-state index is 0.0419. The molecule has 1 N–H and O–H groups in total. The summed E-state index contributed by atoms with van der Waals surface area (Å²) in [5, 5.41) is 11.4. The van der Waals surface area contributed by atoms with Gasteiger partial charge in [0.25, 0.3) is 11.1 Å². The first-order valence-corrected chi connectivity index (χ1v) is 8.56. The number of carbonyl (C=O) groups excluding carboxylic acids is 1. The molecule has 3 atom stereocenters. The van der Waals surface area contributed by atoms with Crippen LogP contribution in [0.4, 0.5) is 0 Å². The molecule has 0 spiro atoms. The quantitative estimate of drug-likeness (QED) is 0.853. The van der Waals surface area contributed by atoms with Crippen LogP contribution in [-0.4, -0.2) is 27.9 Å². The van der Waals surface area contributed by atoms with Gasteiger partial charge in [-0.05, 0) is 43.2 Å². The molecule has 3 unspecified atom stereocenters. The van der Waals surface area contributed by atoms with E-state index in [9.17, 15) is 4.79 Å². The largest absolute Gasteiger partial charge is 0.459 e. The first kappa shape index (κ1) is 13.9. The Morgan fingerprint density at radius 3 is 3.05 bits per heavy atom. The van der Waals surface area contributed by atoms with Crippen LogP contribution in [0.5, 0.6) is 0 Å². The van der Waals surface area contributed by atoms with Crippen LogP contribution in [0.25, 0.3) is 11.7 Å². The molecule has 2 aromatic rings. The zero-order chi connectivity index (χ0) is 14.9. The molecule has 116 valence electrons. The maximum atomic E-state index is 12.0. The minimum Gasteiger partial charge on any atom is -0.459 e. The molecule has 0 aliphatic heterocycles. The number of nitrogens with zero attached hydrogens (tertiary/aromatic N) is 2. The lowest BCUT2D eigenvalue weighted by Gasteiger charge is -2.22. The van der Waals surface area contributed by atoms with Crippen molar-refractivity contribution in [2.24, 2.45) is 11.8 Å². The second-order valence-corrected chi connectivity index (χ2v) is 6.91. The summed E-state index contributed by atoms with van der Waals surface area (Å²) in [5.74, 6) is 2.72. The lowest BCUT2D eigenvalue weighted by molar-refractivity contribution is -0.119. The van der Waals surface area contributed by atoms with Gasteiger partial charge in [-0.3, -0.25) is 4.79 Å². The van der Waals surface area contributed by atoms with Gasteiger partial charge in [0, 0.05) is 6.04 Å². The smallest absolute Gasteiger partial charge is 0.284 e. The van der Waals surface area contributed by atoms with Gasteiger partial charge in [0.2, 0.25) is 5.91 Å². The van der Waals surface area contributed by atoms with Gasteiger partial charge in [-0.1, -0.05) is 18.2 Å². The lowest BCUT2D eigenvalue weighted by atomic mass is 9.95. The number of hydrogen-bond acceptors (Lipinski definition) is 6. The Labute approximate surface area is 132 Å². The molecule has 2 aromatic heterocycles. The Morgan fingerprint density at radius 1 is 1.36 bits per heavy atom. The third-order valence-corrected chi connectivity index (χ3v) is 5.37. The Kier molecular flexibility index (Phi) is 3.65. The van der Waals surface area contributed by atoms with Gasteiger partial charge in [0.15, 0.2) is 5.76 Å². The average molecular weight is 319 g/mol. The summed E-state index contributed by atoms with van der Waals surface area (Å²) in [4.78, 5) is 12.0. The number of furan rings is 1. The van der Waals surface area contributed by atoms with Crippen LogP contribution in [0.3, 0.4) is 0 Å². The average Bonchev–Trinajstić information content (AvgIpc) is 3.27. The van der Waals surface area contributed by atoms with Gasteiger partial charge in [-0.25, -0.2) is 0 Å². The third-order valence-electron chi connectivity index (χ3n) is 4.55. The van der Waals surface area contributed by atoms with Gasteiger partial charge < -0.3 is 14.2 Å². The molecule has 2 saturated carbocycles. The van der Waals surface area contributed by atoms with E-state index in [0.29, 0.717) is 34.6 Å². The highest BCUT2D eigenvalue weighted by atomic mass is 32.2. The predicted octanol–water partition coefficient (Wildman–Crippen LogP) is 2.73. The lowest BCUT2D eigenvalue weighted by Crippen LogP contribution is -2.39. The first-order valence-electron chi connectivity index (χ1n) is 7.57. The second-order valence-electron chi connectivity index (χ2n) is 5.99. The van der Waals surface area contributed by atoms with Crippen LogP contribution in [0.15, 0.2) is 32.5 Å². The Bertz CT molecular complexity index is 655. The van der Waals surface area contributed by atoms with Crippen molar-refractivity contribution in [3.8, 4) is 11.7 Å². The van der Waals surface area contributed by atoms with Crippen molar-refractivity contribution in [3.63, 3.8) is 0 Å². The van der Waals surface area contributed by atoms with Gasteiger partial charge in [0.1, 0.15) is 0 Å². The number of carbonyl (C=O) groups is 1. The molecule has 22 heavy (non-hydrogen) atoms. The van der Waals surface area contributed by atoms with Gasteiger partial charge >= 0.3 is 0 Å². The van der Waals surface area contributed by atoms with Crippen LogP contribution in [-0.2, 0) is 4.79 Å². The number of hydrogen-bond donors (Lipinski definition) is 1. The monoisotopic (exact) mass is 319 g/mol. The van der Waals surface area contributed by atoms with E-state index in [2.05, 4.69) is 15.5 Å². The highest BCUT2D eigenvalue weighted by Gasteiger charge is 2.40. The minimum absolute atomic E-state index is 0.0419. The van der Waals surface area contributed by atoms with Gasteiger partial charge in [-0.2, -0.15) is 0 Å². The molecule has 2 heterocycles. The van der Waals surface area contributed by atoms with E-state index in [1.807, 2.05) is 0 Å². The first-order chi connectivity index (χ1) is 10.8. The molecule has 0 aromatic carbocycles.